The summed E-state index contributed by atoms with van der Waals surface area (Å²) in [5, 5.41) is 11.9. The molecule has 2 rings (SSSR count). The van der Waals surface area contributed by atoms with Crippen LogP contribution in [0, 0.1) is 0 Å². The lowest BCUT2D eigenvalue weighted by Crippen LogP contribution is -3.16. The van der Waals surface area contributed by atoms with E-state index in [-0.39, 0.29) is 18.2 Å². The molecule has 0 aromatic heterocycles. The standard InChI is InChI=1S/C15H21N3O4/c1-22-15(21)10-16-14(20)11-17-6-8-18(9-7-17)12-2-4-13(19)5-3-12/h2-5,19H,6-11H2,1H3,(H,16,20)/p+1. The van der Waals surface area contributed by atoms with Gasteiger partial charge in [0.2, 0.25) is 0 Å². The van der Waals surface area contributed by atoms with Crippen molar-refractivity contribution in [3.8, 4) is 5.75 Å². The average Bonchev–Trinajstić information content (AvgIpc) is 2.54. The number of anilines is 1. The SMILES string of the molecule is COC(=O)CNC(=O)C[NH+]1CCN(c2ccc(O)cc2)CC1. The van der Waals surface area contributed by atoms with Crippen LogP contribution in [0.15, 0.2) is 24.3 Å². The molecule has 0 bridgehead atoms. The number of esters is 1. The van der Waals surface area contributed by atoms with Crippen LogP contribution >= 0.6 is 0 Å². The van der Waals surface area contributed by atoms with Crippen LogP contribution in [0.5, 0.6) is 5.75 Å². The second-order valence-electron chi connectivity index (χ2n) is 5.28. The smallest absolute Gasteiger partial charge is 0.325 e. The van der Waals surface area contributed by atoms with Crippen LogP contribution in [0.1, 0.15) is 0 Å². The Morgan fingerprint density at radius 2 is 1.91 bits per heavy atom. The van der Waals surface area contributed by atoms with E-state index in [1.165, 1.54) is 12.0 Å². The number of hydrogen-bond donors (Lipinski definition) is 3. The van der Waals surface area contributed by atoms with Gasteiger partial charge in [-0.3, -0.25) is 9.59 Å². The average molecular weight is 308 g/mol. The lowest BCUT2D eigenvalue weighted by Gasteiger charge is -2.33. The predicted octanol–water partition coefficient (Wildman–Crippen LogP) is -1.61. The molecule has 7 nitrogen and oxygen atoms in total. The Balaban J connectivity index is 1.74. The molecule has 1 heterocycles. The van der Waals surface area contributed by atoms with Crippen molar-refractivity contribution in [2.45, 2.75) is 0 Å². The number of amides is 1. The van der Waals surface area contributed by atoms with E-state index in [1.54, 1.807) is 12.1 Å². The maximum atomic E-state index is 11.7. The zero-order valence-electron chi connectivity index (χ0n) is 12.7. The highest BCUT2D eigenvalue weighted by atomic mass is 16.5. The Morgan fingerprint density at radius 1 is 1.27 bits per heavy atom. The van der Waals surface area contributed by atoms with Crippen LogP contribution in [-0.2, 0) is 14.3 Å². The van der Waals surface area contributed by atoms with E-state index in [0.717, 1.165) is 31.9 Å². The number of nitrogens with one attached hydrogen (secondary N) is 2. The summed E-state index contributed by atoms with van der Waals surface area (Å²) in [6.45, 7) is 3.69. The first-order valence-corrected chi connectivity index (χ1v) is 7.29. The third-order valence-electron chi connectivity index (χ3n) is 3.75. The van der Waals surface area contributed by atoms with Gasteiger partial charge < -0.3 is 25.0 Å². The predicted molar refractivity (Wildman–Crippen MR) is 80.9 cm³/mol. The number of piperazine rings is 1. The number of nitrogens with zero attached hydrogens (tertiary/aromatic N) is 1. The van der Waals surface area contributed by atoms with Crippen LogP contribution in [0.2, 0.25) is 0 Å². The number of aromatic hydroxyl groups is 1. The molecule has 0 aliphatic carbocycles. The fourth-order valence-electron chi connectivity index (χ4n) is 2.45. The van der Waals surface area contributed by atoms with Crippen LogP contribution < -0.4 is 15.1 Å². The molecule has 7 heteroatoms. The van der Waals surface area contributed by atoms with Gasteiger partial charge in [-0.15, -0.1) is 0 Å². The van der Waals surface area contributed by atoms with Gasteiger partial charge in [0.1, 0.15) is 12.3 Å². The fraction of sp³-hybridized carbons (Fsp3) is 0.467. The first-order valence-electron chi connectivity index (χ1n) is 7.29. The molecule has 22 heavy (non-hydrogen) atoms. The highest BCUT2D eigenvalue weighted by Gasteiger charge is 2.22. The minimum atomic E-state index is -0.444. The Hall–Kier alpha value is -2.28. The number of hydrogen-bond acceptors (Lipinski definition) is 5. The summed E-state index contributed by atoms with van der Waals surface area (Å²) >= 11 is 0. The van der Waals surface area contributed by atoms with Crippen molar-refractivity contribution in [1.29, 1.82) is 0 Å². The van der Waals surface area contributed by atoms with Gasteiger partial charge in [-0.1, -0.05) is 0 Å². The van der Waals surface area contributed by atoms with Gasteiger partial charge in [0.25, 0.3) is 5.91 Å². The maximum absolute atomic E-state index is 11.7. The molecule has 1 aromatic rings. The van der Waals surface area contributed by atoms with E-state index in [0.29, 0.717) is 6.54 Å². The Labute approximate surface area is 129 Å². The van der Waals surface area contributed by atoms with E-state index in [4.69, 9.17) is 0 Å². The van der Waals surface area contributed by atoms with Gasteiger partial charge in [-0.05, 0) is 24.3 Å². The molecule has 1 aliphatic rings. The normalized spacial score (nSPS) is 15.4. The molecule has 1 saturated heterocycles. The number of rotatable bonds is 5. The second kappa shape index (κ2) is 7.65. The molecular weight excluding hydrogens is 286 g/mol. The van der Waals surface area contributed by atoms with Gasteiger partial charge in [-0.2, -0.15) is 0 Å². The van der Waals surface area contributed by atoms with E-state index >= 15 is 0 Å². The van der Waals surface area contributed by atoms with Crippen molar-refractivity contribution < 1.29 is 24.3 Å². The van der Waals surface area contributed by atoms with Gasteiger partial charge >= 0.3 is 5.97 Å². The third-order valence-corrected chi connectivity index (χ3v) is 3.75. The Bertz CT molecular complexity index is 510. The van der Waals surface area contributed by atoms with Crippen LogP contribution in [0.25, 0.3) is 0 Å². The largest absolute Gasteiger partial charge is 0.508 e. The van der Waals surface area contributed by atoms with Gasteiger partial charge in [0, 0.05) is 5.69 Å². The lowest BCUT2D eigenvalue weighted by atomic mass is 10.2. The van der Waals surface area contributed by atoms with Crippen LogP contribution in [0.4, 0.5) is 5.69 Å². The van der Waals surface area contributed by atoms with E-state index in [1.807, 2.05) is 12.1 Å². The molecule has 0 saturated carbocycles. The monoisotopic (exact) mass is 308 g/mol. The molecule has 120 valence electrons. The number of carbonyl (C=O) groups excluding carboxylic acids is 2. The second-order valence-corrected chi connectivity index (χ2v) is 5.28. The van der Waals surface area contributed by atoms with Gasteiger partial charge in [-0.25, -0.2) is 0 Å². The molecule has 1 aliphatic heterocycles. The van der Waals surface area contributed by atoms with E-state index in [2.05, 4.69) is 15.0 Å². The topological polar surface area (TPSA) is 83.3 Å². The van der Waals surface area contributed by atoms with E-state index < -0.39 is 5.97 Å². The first kappa shape index (κ1) is 16.1. The highest BCUT2D eigenvalue weighted by Crippen LogP contribution is 2.17. The molecule has 1 aromatic carbocycles. The summed E-state index contributed by atoms with van der Waals surface area (Å²) < 4.78 is 4.48. The highest BCUT2D eigenvalue weighted by molar-refractivity contribution is 5.82. The summed E-state index contributed by atoms with van der Waals surface area (Å²) in [7, 11) is 1.29. The zero-order chi connectivity index (χ0) is 15.9. The van der Waals surface area contributed by atoms with Crippen LogP contribution in [-0.4, -0.2) is 63.4 Å². The summed E-state index contributed by atoms with van der Waals surface area (Å²) in [5.74, 6) is -0.325. The van der Waals surface area contributed by atoms with Crippen LogP contribution in [0.3, 0.4) is 0 Å². The van der Waals surface area contributed by atoms with Crippen molar-refractivity contribution in [2.24, 2.45) is 0 Å². The minimum Gasteiger partial charge on any atom is -0.508 e. The zero-order valence-corrected chi connectivity index (χ0v) is 12.7. The Morgan fingerprint density at radius 3 is 2.50 bits per heavy atom. The summed E-state index contributed by atoms with van der Waals surface area (Å²) in [6, 6.07) is 7.14. The third kappa shape index (κ3) is 4.63. The number of benzene rings is 1. The first-order chi connectivity index (χ1) is 10.6. The molecule has 3 N–H and O–H groups in total. The number of quaternary nitrogens is 1. The fourth-order valence-corrected chi connectivity index (χ4v) is 2.45. The quantitative estimate of drug-likeness (QED) is 0.570. The number of phenols is 1. The van der Waals surface area contributed by atoms with Crippen molar-refractivity contribution in [1.82, 2.24) is 5.32 Å². The van der Waals surface area contributed by atoms with Crippen molar-refractivity contribution >= 4 is 17.6 Å². The molecule has 1 fully saturated rings. The molecule has 0 atom stereocenters. The number of phenolic OH excluding ortho intramolecular Hbond substituents is 1. The minimum absolute atomic E-state index is 0.0811. The number of ether oxygens (including phenoxy) is 1. The van der Waals surface area contributed by atoms with Gasteiger partial charge in [0.15, 0.2) is 6.54 Å². The summed E-state index contributed by atoms with van der Waals surface area (Å²) in [6.07, 6.45) is 0. The molecule has 0 radical (unpaired) electrons. The Kier molecular flexibility index (Phi) is 5.60. The lowest BCUT2D eigenvalue weighted by molar-refractivity contribution is -0.892. The summed E-state index contributed by atoms with van der Waals surface area (Å²) in [4.78, 5) is 26.1. The molecule has 0 spiro atoms. The number of carbonyl (C=O) groups is 2. The molecular formula is C15H22N3O4+. The van der Waals surface area contributed by atoms with Crippen molar-refractivity contribution in [3.63, 3.8) is 0 Å². The maximum Gasteiger partial charge on any atom is 0.325 e. The van der Waals surface area contributed by atoms with E-state index in [9.17, 15) is 14.7 Å². The van der Waals surface area contributed by atoms with Crippen molar-refractivity contribution in [2.75, 3.05) is 51.3 Å². The van der Waals surface area contributed by atoms with Gasteiger partial charge in [0.05, 0.1) is 33.3 Å². The van der Waals surface area contributed by atoms with Crippen molar-refractivity contribution in [3.05, 3.63) is 24.3 Å². The number of methoxy groups -OCH3 is 1. The molecule has 1 amide bonds. The summed E-state index contributed by atoms with van der Waals surface area (Å²) in [5.41, 5.74) is 1.08. The molecule has 0 unspecified atom stereocenters.